The monoisotopic (exact) mass is 341 g/mol. The average Bonchev–Trinajstić information content (AvgIpc) is 2.63. The van der Waals surface area contributed by atoms with Gasteiger partial charge < -0.3 is 14.8 Å². The van der Waals surface area contributed by atoms with E-state index >= 15 is 0 Å². The van der Waals surface area contributed by atoms with E-state index in [0.29, 0.717) is 17.9 Å². The van der Waals surface area contributed by atoms with Crippen LogP contribution in [0.5, 0.6) is 11.5 Å². The number of carbonyl (C=O) groups excluding carboxylic acids is 2. The molecular weight excluding hydrogens is 318 g/mol. The van der Waals surface area contributed by atoms with E-state index in [1.165, 1.54) is 0 Å². The van der Waals surface area contributed by atoms with Gasteiger partial charge in [-0.05, 0) is 49.1 Å². The predicted molar refractivity (Wildman–Crippen MR) is 97.3 cm³/mol. The van der Waals surface area contributed by atoms with Gasteiger partial charge in [-0.15, -0.1) is 0 Å². The molecule has 2 rings (SSSR count). The molecule has 0 fully saturated rings. The fourth-order valence-corrected chi connectivity index (χ4v) is 2.46. The number of rotatable bonds is 8. The summed E-state index contributed by atoms with van der Waals surface area (Å²) < 4.78 is 10.3. The Bertz CT molecular complexity index is 738. The lowest BCUT2D eigenvalue weighted by Crippen LogP contribution is -2.22. The number of Topliss-reactive ketones (excluding diaryl/α,β-unsaturated/α-hetero) is 1. The molecule has 0 saturated heterocycles. The lowest BCUT2D eigenvalue weighted by Gasteiger charge is -2.09. The highest BCUT2D eigenvalue weighted by Gasteiger charge is 2.14. The van der Waals surface area contributed by atoms with Crippen molar-refractivity contribution in [3.8, 4) is 11.5 Å². The first-order chi connectivity index (χ1) is 12.0. The minimum atomic E-state index is -0.597. The van der Waals surface area contributed by atoms with Gasteiger partial charge in [0.1, 0.15) is 11.5 Å². The lowest BCUT2D eigenvalue weighted by atomic mass is 10.1. The molecule has 0 radical (unpaired) electrons. The Balaban J connectivity index is 1.82. The van der Waals surface area contributed by atoms with Gasteiger partial charge in [-0.3, -0.25) is 9.59 Å². The zero-order valence-corrected chi connectivity index (χ0v) is 14.8. The van der Waals surface area contributed by atoms with Crippen LogP contribution in [0.25, 0.3) is 0 Å². The van der Waals surface area contributed by atoms with Crippen LogP contribution < -0.4 is 14.8 Å². The van der Waals surface area contributed by atoms with Crippen molar-refractivity contribution in [3.05, 3.63) is 53.6 Å². The van der Waals surface area contributed by atoms with Gasteiger partial charge in [0.25, 0.3) is 5.91 Å². The van der Waals surface area contributed by atoms with E-state index in [4.69, 9.17) is 9.47 Å². The van der Waals surface area contributed by atoms with Gasteiger partial charge >= 0.3 is 0 Å². The largest absolute Gasteiger partial charge is 0.497 e. The van der Waals surface area contributed by atoms with Crippen LogP contribution in [0.15, 0.2) is 42.5 Å². The van der Waals surface area contributed by atoms with E-state index in [9.17, 15) is 9.59 Å². The van der Waals surface area contributed by atoms with Gasteiger partial charge in [0.15, 0.2) is 0 Å². The van der Waals surface area contributed by atoms with Crippen molar-refractivity contribution in [2.24, 2.45) is 0 Å². The second-order valence-corrected chi connectivity index (χ2v) is 5.76. The molecule has 0 aliphatic heterocycles. The zero-order valence-electron chi connectivity index (χ0n) is 14.8. The number of anilines is 1. The minimum absolute atomic E-state index is 0.209. The molecular formula is C20H23NO4. The molecule has 132 valence electrons. The maximum Gasteiger partial charge on any atom is 0.291 e. The van der Waals surface area contributed by atoms with Crippen molar-refractivity contribution < 1.29 is 19.1 Å². The Morgan fingerprint density at radius 1 is 1.00 bits per heavy atom. The van der Waals surface area contributed by atoms with Crippen LogP contribution in [0.4, 0.5) is 5.69 Å². The van der Waals surface area contributed by atoms with Crippen LogP contribution in [-0.2, 0) is 16.0 Å². The number of ether oxygens (including phenoxy) is 2. The fraction of sp³-hybridized carbons (Fsp3) is 0.300. The molecule has 0 aliphatic carbocycles. The van der Waals surface area contributed by atoms with Crippen molar-refractivity contribution >= 4 is 17.4 Å². The molecule has 0 atom stereocenters. The molecule has 25 heavy (non-hydrogen) atoms. The molecule has 0 heterocycles. The van der Waals surface area contributed by atoms with Crippen molar-refractivity contribution in [3.63, 3.8) is 0 Å². The number of ketones is 1. The van der Waals surface area contributed by atoms with Crippen LogP contribution in [0, 0.1) is 6.92 Å². The molecule has 5 nitrogen and oxygen atoms in total. The SMILES string of the molecule is COc1ccc(CCCC(=O)C(=O)Nc2ccc(C)c(OC)c2)cc1. The Hall–Kier alpha value is -2.82. The number of nitrogens with one attached hydrogen (secondary N) is 1. The molecule has 5 heteroatoms. The van der Waals surface area contributed by atoms with E-state index < -0.39 is 11.7 Å². The van der Waals surface area contributed by atoms with E-state index in [1.54, 1.807) is 26.4 Å². The highest BCUT2D eigenvalue weighted by Crippen LogP contribution is 2.22. The van der Waals surface area contributed by atoms with Gasteiger partial charge in [0.2, 0.25) is 5.78 Å². The lowest BCUT2D eigenvalue weighted by molar-refractivity contribution is -0.134. The second kappa shape index (κ2) is 8.87. The molecule has 1 N–H and O–H groups in total. The Labute approximate surface area is 148 Å². The van der Waals surface area contributed by atoms with Gasteiger partial charge in [-0.2, -0.15) is 0 Å². The first-order valence-electron chi connectivity index (χ1n) is 8.15. The minimum Gasteiger partial charge on any atom is -0.497 e. The smallest absolute Gasteiger partial charge is 0.291 e. The number of hydrogen-bond acceptors (Lipinski definition) is 4. The Morgan fingerprint density at radius 2 is 1.72 bits per heavy atom. The molecule has 2 aromatic carbocycles. The highest BCUT2D eigenvalue weighted by molar-refractivity contribution is 6.40. The molecule has 0 saturated carbocycles. The summed E-state index contributed by atoms with van der Waals surface area (Å²) in [7, 11) is 3.19. The third kappa shape index (κ3) is 5.35. The predicted octanol–water partition coefficient (Wildman–Crippen LogP) is 3.54. The van der Waals surface area contributed by atoms with E-state index in [2.05, 4.69) is 5.32 Å². The molecule has 0 spiro atoms. The summed E-state index contributed by atoms with van der Waals surface area (Å²) in [6, 6.07) is 13.0. The van der Waals surface area contributed by atoms with Crippen LogP contribution in [-0.4, -0.2) is 25.9 Å². The van der Waals surface area contributed by atoms with Crippen LogP contribution >= 0.6 is 0 Å². The standard InChI is InChI=1S/C20H23NO4/c1-14-7-10-16(13-19(14)25-3)21-20(23)18(22)6-4-5-15-8-11-17(24-2)12-9-15/h7-13H,4-6H2,1-3H3,(H,21,23). The summed E-state index contributed by atoms with van der Waals surface area (Å²) in [5.41, 5.74) is 2.62. The van der Waals surface area contributed by atoms with Gasteiger partial charge in [-0.1, -0.05) is 18.2 Å². The maximum atomic E-state index is 12.0. The quantitative estimate of drug-likeness (QED) is 0.746. The number of carbonyl (C=O) groups is 2. The normalized spacial score (nSPS) is 10.2. The van der Waals surface area contributed by atoms with E-state index in [1.807, 2.05) is 37.3 Å². The molecule has 0 unspecified atom stereocenters. The fourth-order valence-electron chi connectivity index (χ4n) is 2.46. The van der Waals surface area contributed by atoms with Gasteiger partial charge in [-0.25, -0.2) is 0 Å². The summed E-state index contributed by atoms with van der Waals surface area (Å²) in [6.45, 7) is 1.91. The van der Waals surface area contributed by atoms with Crippen LogP contribution in [0.2, 0.25) is 0 Å². The van der Waals surface area contributed by atoms with Crippen LogP contribution in [0.3, 0.4) is 0 Å². The number of methoxy groups -OCH3 is 2. The second-order valence-electron chi connectivity index (χ2n) is 5.76. The zero-order chi connectivity index (χ0) is 18.2. The summed E-state index contributed by atoms with van der Waals surface area (Å²) in [4.78, 5) is 24.0. The summed E-state index contributed by atoms with van der Waals surface area (Å²) in [6.07, 6.45) is 1.57. The highest BCUT2D eigenvalue weighted by atomic mass is 16.5. The number of amides is 1. The number of hydrogen-bond donors (Lipinski definition) is 1. The van der Waals surface area contributed by atoms with Crippen molar-refractivity contribution in [1.29, 1.82) is 0 Å². The molecule has 2 aromatic rings. The summed E-state index contributed by atoms with van der Waals surface area (Å²) in [5.74, 6) is 0.450. The molecule has 1 amide bonds. The average molecular weight is 341 g/mol. The van der Waals surface area contributed by atoms with Gasteiger partial charge in [0.05, 0.1) is 14.2 Å². The molecule has 0 aromatic heterocycles. The Kier molecular flexibility index (Phi) is 6.57. The van der Waals surface area contributed by atoms with Crippen LogP contribution in [0.1, 0.15) is 24.0 Å². The van der Waals surface area contributed by atoms with E-state index in [-0.39, 0.29) is 6.42 Å². The van der Waals surface area contributed by atoms with Crippen molar-refractivity contribution in [1.82, 2.24) is 0 Å². The van der Waals surface area contributed by atoms with E-state index in [0.717, 1.165) is 23.3 Å². The summed E-state index contributed by atoms with van der Waals surface area (Å²) >= 11 is 0. The number of aryl methyl sites for hydroxylation is 2. The van der Waals surface area contributed by atoms with Crippen molar-refractivity contribution in [2.75, 3.05) is 19.5 Å². The number of benzene rings is 2. The van der Waals surface area contributed by atoms with Crippen molar-refractivity contribution in [2.45, 2.75) is 26.2 Å². The molecule has 0 bridgehead atoms. The third-order valence-electron chi connectivity index (χ3n) is 3.95. The molecule has 0 aliphatic rings. The first-order valence-corrected chi connectivity index (χ1v) is 8.15. The first kappa shape index (κ1) is 18.5. The topological polar surface area (TPSA) is 64.6 Å². The Morgan fingerprint density at radius 3 is 2.36 bits per heavy atom. The van der Waals surface area contributed by atoms with Gasteiger partial charge in [0, 0.05) is 18.2 Å². The summed E-state index contributed by atoms with van der Waals surface area (Å²) in [5, 5.41) is 2.62. The maximum absolute atomic E-state index is 12.0. The third-order valence-corrected chi connectivity index (χ3v) is 3.95.